The van der Waals surface area contributed by atoms with Gasteiger partial charge in [0.15, 0.2) is 18.3 Å². The molecular weight excluding hydrogens is 494 g/mol. The summed E-state index contributed by atoms with van der Waals surface area (Å²) in [5.41, 5.74) is -0.678. The van der Waals surface area contributed by atoms with E-state index in [1.165, 1.54) is 32.5 Å². The quantitative estimate of drug-likeness (QED) is 0.244. The first-order chi connectivity index (χ1) is 16.3. The molecule has 0 saturated carbocycles. The van der Waals surface area contributed by atoms with Crippen LogP contribution in [0.4, 0.5) is 0 Å². The molecule has 0 radical (unpaired) electrons. The molecule has 9 nitrogen and oxygen atoms in total. The number of ether oxygens (including phenoxy) is 4. The number of nitrogens with one attached hydrogen (secondary N) is 1. The zero-order valence-corrected chi connectivity index (χ0v) is 23.2. The topological polar surface area (TPSA) is 123 Å². The van der Waals surface area contributed by atoms with Gasteiger partial charge in [0.05, 0.1) is 6.04 Å². The third kappa shape index (κ3) is 8.96. The second kappa shape index (κ2) is 13.3. The fraction of sp³-hybridized carbons (Fsp3) is 0.792. The van der Waals surface area contributed by atoms with Crippen LogP contribution in [-0.4, -0.2) is 68.9 Å². The lowest BCUT2D eigenvalue weighted by Crippen LogP contribution is -2.66. The molecule has 1 saturated heterocycles. The van der Waals surface area contributed by atoms with Gasteiger partial charge in [0, 0.05) is 32.1 Å². The smallest absolute Gasteiger partial charge is 0.303 e. The molecule has 35 heavy (non-hydrogen) atoms. The molecule has 2 aliphatic heterocycles. The summed E-state index contributed by atoms with van der Waals surface area (Å²) in [6.45, 7) is 11.3. The molecule has 0 aliphatic carbocycles. The Morgan fingerprint density at radius 1 is 1.00 bits per heavy atom. The second-order valence-electron chi connectivity index (χ2n) is 9.87. The molecule has 0 aromatic heterocycles. The average molecular weight is 534 g/mol. The zero-order valence-electron chi connectivity index (χ0n) is 21.6. The van der Waals surface area contributed by atoms with Crippen LogP contribution in [0.25, 0.3) is 0 Å². The number of allylic oxidation sites excluding steroid dienone is 1. The van der Waals surface area contributed by atoms with E-state index in [2.05, 4.69) is 10.8 Å². The van der Waals surface area contributed by atoms with E-state index in [1.54, 1.807) is 0 Å². The van der Waals surface area contributed by atoms with Crippen molar-refractivity contribution in [2.45, 2.75) is 108 Å². The number of carbonyl (C=O) groups is 3. The summed E-state index contributed by atoms with van der Waals surface area (Å²) in [7, 11) is 0. The number of esters is 3. The third-order valence-corrected chi connectivity index (χ3v) is 8.47. The second-order valence-corrected chi connectivity index (χ2v) is 13.1. The minimum Gasteiger partial charge on any atom is -0.598 e. The van der Waals surface area contributed by atoms with Crippen molar-refractivity contribution in [3.05, 3.63) is 12.2 Å². The zero-order chi connectivity index (χ0) is 26.3. The molecule has 2 heterocycles. The Morgan fingerprint density at radius 3 is 2.14 bits per heavy atom. The number of hydrogen-bond donors (Lipinski definition) is 1. The number of fused-ring (bicyclic) bond motifs is 2. The van der Waals surface area contributed by atoms with Gasteiger partial charge in [0.2, 0.25) is 0 Å². The monoisotopic (exact) mass is 533 g/mol. The number of thioether (sulfide) groups is 1. The van der Waals surface area contributed by atoms with E-state index in [9.17, 15) is 18.9 Å². The van der Waals surface area contributed by atoms with E-state index >= 15 is 0 Å². The van der Waals surface area contributed by atoms with Gasteiger partial charge in [-0.1, -0.05) is 19.1 Å². The summed E-state index contributed by atoms with van der Waals surface area (Å²) in [5.74, 6) is -1.21. The summed E-state index contributed by atoms with van der Waals surface area (Å²) in [6.07, 6.45) is 2.91. The molecule has 8 atom stereocenters. The number of rotatable bonds is 5. The van der Waals surface area contributed by atoms with Crippen molar-refractivity contribution in [3.63, 3.8) is 0 Å². The molecule has 2 aliphatic rings. The lowest BCUT2D eigenvalue weighted by molar-refractivity contribution is -0.236. The minimum absolute atomic E-state index is 0.169. The predicted octanol–water partition coefficient (Wildman–Crippen LogP) is 3.04. The fourth-order valence-corrected chi connectivity index (χ4v) is 6.16. The molecular formula is C24H39NO8S2. The maximum absolute atomic E-state index is 13.2. The molecule has 11 heteroatoms. The van der Waals surface area contributed by atoms with Gasteiger partial charge in [0.25, 0.3) is 0 Å². The van der Waals surface area contributed by atoms with Crippen molar-refractivity contribution in [2.24, 2.45) is 5.92 Å². The summed E-state index contributed by atoms with van der Waals surface area (Å²) in [5, 5.41) is 0. The van der Waals surface area contributed by atoms with Gasteiger partial charge in [-0.3, -0.25) is 14.4 Å². The Labute approximate surface area is 215 Å². The molecule has 0 aromatic rings. The summed E-state index contributed by atoms with van der Waals surface area (Å²) >= 11 is -0.00634. The lowest BCUT2D eigenvalue weighted by atomic mass is 9.88. The third-order valence-electron chi connectivity index (χ3n) is 5.64. The van der Waals surface area contributed by atoms with E-state index in [4.69, 9.17) is 18.9 Å². The van der Waals surface area contributed by atoms with Crippen LogP contribution in [-0.2, 0) is 44.7 Å². The number of carbonyl (C=O) groups excluding carboxylic acids is 3. The lowest BCUT2D eigenvalue weighted by Gasteiger charge is -2.47. The van der Waals surface area contributed by atoms with E-state index in [0.29, 0.717) is 0 Å². The van der Waals surface area contributed by atoms with Crippen LogP contribution < -0.4 is 4.72 Å². The standard InChI is InChI=1S/C24H39NO8S2/c1-14-12-10-8-9-11-13-34-23-22(32-17(4)28)21(31-16(3)27)20(30-15(2)26)19(33-23)18(14)25-35(29)24(5,6)7/h10,12,14,18-23,25H,8-9,11,13H2,1-7H3/t14?,18-,19-,20+,21+,22-,23-,35-/m1/s1. The Bertz CT molecular complexity index is 771. The Morgan fingerprint density at radius 2 is 1.57 bits per heavy atom. The van der Waals surface area contributed by atoms with Gasteiger partial charge in [-0.25, -0.2) is 0 Å². The van der Waals surface area contributed by atoms with Gasteiger partial charge in [-0.2, -0.15) is 0 Å². The average Bonchev–Trinajstić information content (AvgIpc) is 2.72. The first-order valence-electron chi connectivity index (χ1n) is 11.9. The van der Waals surface area contributed by atoms with Gasteiger partial charge in [-0.15, -0.1) is 16.5 Å². The van der Waals surface area contributed by atoms with Crippen molar-refractivity contribution in [1.82, 2.24) is 4.72 Å². The van der Waals surface area contributed by atoms with Crippen molar-refractivity contribution in [3.8, 4) is 0 Å². The summed E-state index contributed by atoms with van der Waals surface area (Å²) in [4.78, 5) is 36.2. The van der Waals surface area contributed by atoms with Crippen LogP contribution in [0.3, 0.4) is 0 Å². The van der Waals surface area contributed by atoms with Crippen molar-refractivity contribution in [2.75, 3.05) is 5.75 Å². The largest absolute Gasteiger partial charge is 0.598 e. The molecule has 0 aromatic carbocycles. The first kappa shape index (κ1) is 30.0. The molecule has 1 N–H and O–H groups in total. The van der Waals surface area contributed by atoms with Crippen LogP contribution in [0, 0.1) is 5.92 Å². The first-order valence-corrected chi connectivity index (χ1v) is 14.1. The highest BCUT2D eigenvalue weighted by atomic mass is 32.2. The Balaban J connectivity index is 2.61. The van der Waals surface area contributed by atoms with Crippen LogP contribution in [0.5, 0.6) is 0 Å². The highest BCUT2D eigenvalue weighted by Crippen LogP contribution is 2.37. The molecule has 1 fully saturated rings. The highest BCUT2D eigenvalue weighted by Gasteiger charge is 2.55. The maximum atomic E-state index is 13.2. The van der Waals surface area contributed by atoms with Crippen molar-refractivity contribution in [1.29, 1.82) is 0 Å². The predicted molar refractivity (Wildman–Crippen MR) is 135 cm³/mol. The van der Waals surface area contributed by atoms with Gasteiger partial charge in [0.1, 0.15) is 16.3 Å². The minimum atomic E-state index is -1.47. The molecule has 200 valence electrons. The van der Waals surface area contributed by atoms with Gasteiger partial charge in [-0.05, 0) is 51.7 Å². The molecule has 0 spiro atoms. The van der Waals surface area contributed by atoms with E-state index in [0.717, 1.165) is 25.0 Å². The number of hydrogen-bond acceptors (Lipinski definition) is 10. The summed E-state index contributed by atoms with van der Waals surface area (Å²) in [6, 6.07) is -0.561. The van der Waals surface area contributed by atoms with Crippen LogP contribution in [0.2, 0.25) is 0 Å². The van der Waals surface area contributed by atoms with Gasteiger partial charge < -0.3 is 23.5 Å². The van der Waals surface area contributed by atoms with Crippen molar-refractivity contribution >= 4 is 41.0 Å². The Hall–Kier alpha value is -1.27. The highest BCUT2D eigenvalue weighted by molar-refractivity contribution is 7.99. The molecule has 2 rings (SSSR count). The molecule has 0 amide bonds. The maximum Gasteiger partial charge on any atom is 0.303 e. The van der Waals surface area contributed by atoms with Crippen LogP contribution in [0.1, 0.15) is 67.7 Å². The Kier molecular flexibility index (Phi) is 11.4. The summed E-state index contributed by atoms with van der Waals surface area (Å²) < 4.78 is 39.1. The fourth-order valence-electron chi connectivity index (χ4n) is 4.00. The molecule has 1 unspecified atom stereocenters. The van der Waals surface area contributed by atoms with Gasteiger partial charge >= 0.3 is 17.9 Å². The normalized spacial score (nSPS) is 33.0. The van der Waals surface area contributed by atoms with E-state index in [-0.39, 0.29) is 5.92 Å². The van der Waals surface area contributed by atoms with E-state index in [1.807, 2.05) is 33.8 Å². The van der Waals surface area contributed by atoms with Crippen LogP contribution >= 0.6 is 11.8 Å². The van der Waals surface area contributed by atoms with Crippen molar-refractivity contribution < 1.29 is 37.9 Å². The molecule has 2 bridgehead atoms. The van der Waals surface area contributed by atoms with Crippen LogP contribution in [0.15, 0.2) is 12.2 Å². The van der Waals surface area contributed by atoms with E-state index < -0.39 is 69.9 Å². The SMILES string of the molecule is CC(=O)O[C@@H]1[C@H](OC(C)=O)[C@@H](OC(C)=O)[C@@H]2O[C@@H]1[C@H](N[S@+]([O-])C(C)(C)C)C(C)C=CCCCCS2.